The Hall–Kier alpha value is -6.66. The van der Waals surface area contributed by atoms with E-state index in [1.54, 1.807) is 47.4 Å². The molecule has 3 N–H and O–H groups in total. The van der Waals surface area contributed by atoms with Gasteiger partial charge in [-0.2, -0.15) is 5.26 Å². The van der Waals surface area contributed by atoms with E-state index < -0.39 is 23.8 Å². The van der Waals surface area contributed by atoms with Crippen LogP contribution in [0.3, 0.4) is 0 Å². The molecule has 350 valence electrons. The van der Waals surface area contributed by atoms with Gasteiger partial charge in [0.1, 0.15) is 24.1 Å². The normalized spacial score (nSPS) is 22.6. The monoisotopic (exact) mass is 910 g/mol. The molecular formula is C53H58N4O10. The Labute approximate surface area is 391 Å². The highest BCUT2D eigenvalue weighted by atomic mass is 16.7. The molecule has 1 saturated carbocycles. The minimum atomic E-state index is -1.55. The van der Waals surface area contributed by atoms with E-state index >= 15 is 4.79 Å². The third kappa shape index (κ3) is 10.2. The largest absolute Gasteiger partial charge is 0.459 e. The van der Waals surface area contributed by atoms with E-state index in [-0.39, 0.29) is 69.8 Å². The molecule has 2 heterocycles. The van der Waals surface area contributed by atoms with Crippen molar-refractivity contribution in [3.63, 3.8) is 0 Å². The highest BCUT2D eigenvalue weighted by Gasteiger charge is 2.65. The average molecular weight is 911 g/mol. The van der Waals surface area contributed by atoms with Crippen molar-refractivity contribution in [2.45, 2.75) is 82.7 Å². The number of nitriles is 1. The van der Waals surface area contributed by atoms with Crippen LogP contribution < -0.4 is 24.3 Å². The number of ether oxygens (including phenoxy) is 5. The Balaban J connectivity index is 1.31. The van der Waals surface area contributed by atoms with Crippen molar-refractivity contribution in [1.29, 1.82) is 5.26 Å². The summed E-state index contributed by atoms with van der Waals surface area (Å²) in [4.78, 5) is 36.4. The van der Waals surface area contributed by atoms with Gasteiger partial charge in [0.15, 0.2) is 11.5 Å². The first kappa shape index (κ1) is 46.9. The molecule has 0 radical (unpaired) electrons. The van der Waals surface area contributed by atoms with Crippen LogP contribution in [0.15, 0.2) is 120 Å². The Morgan fingerprint density at radius 1 is 0.940 bits per heavy atom. The van der Waals surface area contributed by atoms with Crippen molar-refractivity contribution in [1.82, 2.24) is 10.2 Å². The molecule has 2 aliphatic carbocycles. The van der Waals surface area contributed by atoms with Gasteiger partial charge in [0, 0.05) is 49.8 Å². The fraction of sp³-hybridized carbons (Fsp3) is 0.396. The minimum absolute atomic E-state index is 0.00307. The van der Waals surface area contributed by atoms with Gasteiger partial charge in [0.25, 0.3) is 5.91 Å². The highest BCUT2D eigenvalue weighted by molar-refractivity contribution is 6.03. The Bertz CT molecular complexity index is 2490. The Morgan fingerprint density at radius 3 is 2.45 bits per heavy atom. The summed E-state index contributed by atoms with van der Waals surface area (Å²) in [6.07, 6.45) is 7.74. The molecule has 67 heavy (non-hydrogen) atoms. The van der Waals surface area contributed by atoms with Gasteiger partial charge in [-0.1, -0.05) is 66.5 Å². The van der Waals surface area contributed by atoms with Crippen molar-refractivity contribution in [2.75, 3.05) is 33.2 Å². The summed E-state index contributed by atoms with van der Waals surface area (Å²) in [5, 5.41) is 37.3. The summed E-state index contributed by atoms with van der Waals surface area (Å²) < 4.78 is 31.9. The number of oxime groups is 1. The Morgan fingerprint density at radius 2 is 1.70 bits per heavy atom. The Kier molecular flexibility index (Phi) is 15.2. The maximum Gasteiger partial charge on any atom is 0.412 e. The number of unbranched alkanes of at least 4 members (excludes halogenated alkanes) is 2. The fourth-order valence-electron chi connectivity index (χ4n) is 10.2. The molecule has 4 aliphatic rings. The van der Waals surface area contributed by atoms with Crippen LogP contribution in [-0.4, -0.2) is 77.9 Å². The lowest BCUT2D eigenvalue weighted by Gasteiger charge is -2.60. The lowest BCUT2D eigenvalue weighted by atomic mass is 9.55. The van der Waals surface area contributed by atoms with Crippen LogP contribution in [0.25, 0.3) is 0 Å². The average Bonchev–Trinajstić information content (AvgIpc) is 3.83. The number of fused-ring (bicyclic) bond motifs is 3. The van der Waals surface area contributed by atoms with E-state index in [1.165, 1.54) is 0 Å². The molecule has 4 aromatic rings. The topological polar surface area (TPSA) is 181 Å². The molecule has 4 aromatic carbocycles. The number of carbonyl (C=O) groups is 2. The SMILES string of the molecule is C=CCO[C@@]12Oc3ccc(OC(=O)NCc4ccccc4)cc3[C@H]3[C@H](CCCCO)[C@@H](CCCCO)C=C(C(=NOCC)C[C@@H]1N(Cc1ccc4c(c1)OCO4)C(=O)c1ccc(C#N)cc1)[C@H]32. The predicted molar refractivity (Wildman–Crippen MR) is 249 cm³/mol. The molecule has 0 saturated heterocycles. The molecule has 14 heteroatoms. The van der Waals surface area contributed by atoms with Gasteiger partial charge in [-0.15, -0.1) is 6.58 Å². The van der Waals surface area contributed by atoms with E-state index in [9.17, 15) is 20.3 Å². The molecule has 0 unspecified atom stereocenters. The standard InChI is InChI=1S/C53H58N4O10/c1-3-26-64-53-48(57(51(60)38-19-16-35(31-54)17-20-38)33-37-18-22-46-47(27-37)63-34-62-46)30-44(56-65-4-2)42-28-39(14-8-10-24-58)41(15-9-11-25-59)49(50(42)53)43-29-40(21-23-45(43)67-53)66-52(61)55-32-36-12-6-5-7-13-36/h3,5-7,12-13,16-23,27-29,39,41,48-50,58-59H,1,4,8-11,14-15,24-26,30,32-34H2,2H3,(H,55,61)/t39-,41+,48-,49+,50+,53+/m0/s1. The number of nitrogens with zero attached hydrogens (tertiary/aromatic N) is 3. The van der Waals surface area contributed by atoms with Crippen molar-refractivity contribution < 1.29 is 48.3 Å². The fourth-order valence-corrected chi connectivity index (χ4v) is 10.2. The van der Waals surface area contributed by atoms with Gasteiger partial charge >= 0.3 is 6.09 Å². The maximum absolute atomic E-state index is 15.4. The van der Waals surface area contributed by atoms with Crippen molar-refractivity contribution in [2.24, 2.45) is 22.9 Å². The second kappa shape index (κ2) is 21.8. The van der Waals surface area contributed by atoms with Crippen molar-refractivity contribution in [3.05, 3.63) is 143 Å². The number of rotatable bonds is 20. The van der Waals surface area contributed by atoms with Crippen LogP contribution in [0.1, 0.15) is 90.4 Å². The molecule has 0 spiro atoms. The zero-order valence-electron chi connectivity index (χ0n) is 37.8. The van der Waals surface area contributed by atoms with E-state index in [0.29, 0.717) is 59.3 Å². The number of amides is 2. The molecule has 2 aliphatic heterocycles. The van der Waals surface area contributed by atoms with Gasteiger partial charge < -0.3 is 49.0 Å². The minimum Gasteiger partial charge on any atom is -0.459 e. The second-order valence-electron chi connectivity index (χ2n) is 17.2. The number of hydrogen-bond donors (Lipinski definition) is 3. The first-order valence-corrected chi connectivity index (χ1v) is 23.2. The predicted octanol–water partition coefficient (Wildman–Crippen LogP) is 8.57. The molecule has 1 fully saturated rings. The van der Waals surface area contributed by atoms with Gasteiger partial charge in [-0.05, 0) is 116 Å². The summed E-state index contributed by atoms with van der Waals surface area (Å²) in [6.45, 7) is 6.86. The van der Waals surface area contributed by atoms with Crippen molar-refractivity contribution in [3.8, 4) is 29.1 Å². The van der Waals surface area contributed by atoms with E-state index in [0.717, 1.165) is 47.9 Å². The third-order valence-corrected chi connectivity index (χ3v) is 13.1. The molecule has 0 aromatic heterocycles. The maximum atomic E-state index is 15.4. The number of hydrogen-bond acceptors (Lipinski definition) is 12. The van der Waals surface area contributed by atoms with E-state index in [2.05, 4.69) is 24.0 Å². The van der Waals surface area contributed by atoms with Crippen molar-refractivity contribution >= 4 is 17.7 Å². The molecule has 14 nitrogen and oxygen atoms in total. The van der Waals surface area contributed by atoms with Crippen LogP contribution in [0.5, 0.6) is 23.0 Å². The van der Waals surface area contributed by atoms with Crippen LogP contribution in [0.2, 0.25) is 0 Å². The number of carbonyl (C=O) groups excluding carboxylic acids is 2. The van der Waals surface area contributed by atoms with Gasteiger partial charge in [0.2, 0.25) is 12.6 Å². The van der Waals surface area contributed by atoms with Gasteiger partial charge in [-0.3, -0.25) is 4.79 Å². The second-order valence-corrected chi connectivity index (χ2v) is 17.2. The number of aliphatic hydroxyl groups excluding tert-OH is 2. The number of aliphatic hydroxyl groups is 2. The molecule has 0 bridgehead atoms. The quantitative estimate of drug-likeness (QED) is 0.0439. The molecular weight excluding hydrogens is 853 g/mol. The zero-order chi connectivity index (χ0) is 46.8. The first-order chi connectivity index (χ1) is 32.8. The summed E-state index contributed by atoms with van der Waals surface area (Å²) in [5.41, 5.74) is 4.79. The summed E-state index contributed by atoms with van der Waals surface area (Å²) in [6, 6.07) is 28.4. The number of nitrogens with one attached hydrogen (secondary N) is 1. The molecule has 6 atom stereocenters. The third-order valence-electron chi connectivity index (χ3n) is 13.1. The lowest BCUT2D eigenvalue weighted by Crippen LogP contribution is -2.70. The molecule has 8 rings (SSSR count). The smallest absolute Gasteiger partial charge is 0.412 e. The summed E-state index contributed by atoms with van der Waals surface area (Å²) >= 11 is 0. The van der Waals surface area contributed by atoms with Gasteiger partial charge in [-0.25, -0.2) is 4.79 Å². The highest BCUT2D eigenvalue weighted by Crippen LogP contribution is 2.62. The van der Waals surface area contributed by atoms with Crippen LogP contribution >= 0.6 is 0 Å². The lowest BCUT2D eigenvalue weighted by molar-refractivity contribution is -0.255. The van der Waals surface area contributed by atoms with Crippen LogP contribution in [-0.2, 0) is 22.7 Å². The zero-order valence-corrected chi connectivity index (χ0v) is 37.8. The number of allylic oxidation sites excluding steroid dienone is 1. The molecule has 2 amide bonds. The summed E-state index contributed by atoms with van der Waals surface area (Å²) in [5.74, 6) is -0.889. The number of benzene rings is 4. The van der Waals surface area contributed by atoms with Crippen LogP contribution in [0, 0.1) is 29.1 Å². The summed E-state index contributed by atoms with van der Waals surface area (Å²) in [7, 11) is 0. The first-order valence-electron chi connectivity index (χ1n) is 23.2. The van der Waals surface area contributed by atoms with E-state index in [4.69, 9.17) is 33.7 Å². The van der Waals surface area contributed by atoms with Gasteiger partial charge in [0.05, 0.1) is 29.9 Å². The van der Waals surface area contributed by atoms with E-state index in [1.807, 2.05) is 61.5 Å². The van der Waals surface area contributed by atoms with Crippen LogP contribution in [0.4, 0.5) is 4.79 Å².